The van der Waals surface area contributed by atoms with Gasteiger partial charge in [0.05, 0.1) is 13.3 Å². The van der Waals surface area contributed by atoms with E-state index in [1.54, 1.807) is 36.4 Å². The molecule has 9 heteroatoms. The Morgan fingerprint density at radius 1 is 1.27 bits per heavy atom. The quantitative estimate of drug-likeness (QED) is 0.507. The van der Waals surface area contributed by atoms with E-state index < -0.39 is 12.6 Å². The van der Waals surface area contributed by atoms with Crippen LogP contribution in [0.25, 0.3) is 0 Å². The second-order valence-corrected chi connectivity index (χ2v) is 6.20. The third-order valence-electron chi connectivity index (χ3n) is 3.11. The number of hydrogen-bond acceptors (Lipinski definition) is 5. The molecule has 0 radical (unpaired) electrons. The molecule has 0 heterocycles. The van der Waals surface area contributed by atoms with E-state index in [1.807, 2.05) is 0 Å². The Balaban J connectivity index is 2.10. The number of carbonyl (C=O) groups is 2. The van der Waals surface area contributed by atoms with Crippen molar-refractivity contribution in [3.8, 4) is 11.5 Å². The highest BCUT2D eigenvalue weighted by molar-refractivity contribution is 9.10. The maximum atomic E-state index is 12.0. The number of nitrogens with zero attached hydrogens (tertiary/aromatic N) is 1. The molecule has 2 rings (SSSR count). The minimum atomic E-state index is -1.10. The van der Waals surface area contributed by atoms with Crippen molar-refractivity contribution in [1.29, 1.82) is 0 Å². The summed E-state index contributed by atoms with van der Waals surface area (Å²) in [4.78, 5) is 22.6. The van der Waals surface area contributed by atoms with E-state index in [9.17, 15) is 9.59 Å². The van der Waals surface area contributed by atoms with Crippen LogP contribution in [0.3, 0.4) is 0 Å². The Bertz CT molecular complexity index is 840. The standard InChI is InChI=1S/C17H14BrClN2O5/c1-25-14-6-11(13(18)7-15(14)26-9-16(22)23)8-20-21-17(24)10-2-4-12(19)5-3-10/h2-8H,9H2,1H3,(H,21,24)(H,22,23)/b20-8-. The van der Waals surface area contributed by atoms with E-state index in [1.165, 1.54) is 13.3 Å². The molecule has 0 spiro atoms. The first-order chi connectivity index (χ1) is 12.4. The number of carbonyl (C=O) groups excluding carboxylic acids is 1. The fourth-order valence-electron chi connectivity index (χ4n) is 1.89. The molecule has 26 heavy (non-hydrogen) atoms. The minimum absolute atomic E-state index is 0.268. The van der Waals surface area contributed by atoms with Crippen LogP contribution in [0.4, 0.5) is 0 Å². The molecule has 7 nitrogen and oxygen atoms in total. The summed E-state index contributed by atoms with van der Waals surface area (Å²) in [6.07, 6.45) is 1.42. The highest BCUT2D eigenvalue weighted by Gasteiger charge is 2.11. The molecular formula is C17H14BrClN2O5. The van der Waals surface area contributed by atoms with Gasteiger partial charge in [-0.05, 0) is 52.3 Å². The van der Waals surface area contributed by atoms with Crippen molar-refractivity contribution in [1.82, 2.24) is 5.43 Å². The third kappa shape index (κ3) is 5.47. The summed E-state index contributed by atoms with van der Waals surface area (Å²) in [6, 6.07) is 9.54. The van der Waals surface area contributed by atoms with Crippen molar-refractivity contribution in [3.63, 3.8) is 0 Å². The predicted molar refractivity (Wildman–Crippen MR) is 100 cm³/mol. The lowest BCUT2D eigenvalue weighted by atomic mass is 10.2. The van der Waals surface area contributed by atoms with Gasteiger partial charge in [-0.1, -0.05) is 11.6 Å². The smallest absolute Gasteiger partial charge is 0.341 e. The van der Waals surface area contributed by atoms with Gasteiger partial charge in [0.2, 0.25) is 0 Å². The summed E-state index contributed by atoms with van der Waals surface area (Å²) in [5, 5.41) is 13.1. The van der Waals surface area contributed by atoms with Gasteiger partial charge in [-0.25, -0.2) is 10.2 Å². The monoisotopic (exact) mass is 440 g/mol. The number of ether oxygens (including phenoxy) is 2. The van der Waals surface area contributed by atoms with E-state index in [0.29, 0.717) is 26.4 Å². The predicted octanol–water partition coefficient (Wildman–Crippen LogP) is 3.34. The molecule has 0 aliphatic rings. The molecule has 1 amide bonds. The lowest BCUT2D eigenvalue weighted by Crippen LogP contribution is -2.17. The number of rotatable bonds is 7. The van der Waals surface area contributed by atoms with Crippen molar-refractivity contribution < 1.29 is 24.2 Å². The van der Waals surface area contributed by atoms with Crippen LogP contribution in [0.15, 0.2) is 46.0 Å². The Kier molecular flexibility index (Phi) is 6.99. The van der Waals surface area contributed by atoms with E-state index >= 15 is 0 Å². The van der Waals surface area contributed by atoms with E-state index in [2.05, 4.69) is 26.5 Å². The molecule has 136 valence electrons. The van der Waals surface area contributed by atoms with Gasteiger partial charge < -0.3 is 14.6 Å². The summed E-state index contributed by atoms with van der Waals surface area (Å²) >= 11 is 9.11. The number of hydrogen-bond donors (Lipinski definition) is 2. The molecule has 0 aliphatic carbocycles. The molecule has 0 saturated heterocycles. The molecule has 0 unspecified atom stereocenters. The highest BCUT2D eigenvalue weighted by Crippen LogP contribution is 2.32. The second-order valence-electron chi connectivity index (χ2n) is 4.91. The number of carboxylic acid groups (broad SMARTS) is 1. The van der Waals surface area contributed by atoms with Crippen molar-refractivity contribution in [2.24, 2.45) is 5.10 Å². The zero-order valence-corrected chi connectivity index (χ0v) is 15.9. The highest BCUT2D eigenvalue weighted by atomic mass is 79.9. The minimum Gasteiger partial charge on any atom is -0.493 e. The van der Waals surface area contributed by atoms with Gasteiger partial charge in [0.15, 0.2) is 18.1 Å². The van der Waals surface area contributed by atoms with Crippen LogP contribution in [0.1, 0.15) is 15.9 Å². The number of nitrogens with one attached hydrogen (secondary N) is 1. The number of amides is 1. The number of benzene rings is 2. The van der Waals surface area contributed by atoms with Crippen molar-refractivity contribution in [2.75, 3.05) is 13.7 Å². The Hall–Kier alpha value is -2.58. The van der Waals surface area contributed by atoms with Crippen LogP contribution in [0, 0.1) is 0 Å². The second kappa shape index (κ2) is 9.21. The summed E-state index contributed by atoms with van der Waals surface area (Å²) in [7, 11) is 1.43. The van der Waals surface area contributed by atoms with Gasteiger partial charge in [0.1, 0.15) is 0 Å². The lowest BCUT2D eigenvalue weighted by Gasteiger charge is -2.11. The summed E-state index contributed by atoms with van der Waals surface area (Å²) in [5.41, 5.74) is 3.42. The van der Waals surface area contributed by atoms with Gasteiger partial charge in [0, 0.05) is 20.6 Å². The van der Waals surface area contributed by atoms with Gasteiger partial charge in [0.25, 0.3) is 5.91 Å². The van der Waals surface area contributed by atoms with Crippen LogP contribution in [-0.2, 0) is 4.79 Å². The van der Waals surface area contributed by atoms with E-state index in [0.717, 1.165) is 0 Å². The summed E-state index contributed by atoms with van der Waals surface area (Å²) < 4.78 is 10.9. The first-order valence-electron chi connectivity index (χ1n) is 7.22. The molecule has 0 atom stereocenters. The maximum absolute atomic E-state index is 12.0. The van der Waals surface area contributed by atoms with Crippen LogP contribution in [-0.4, -0.2) is 36.9 Å². The molecule has 2 aromatic carbocycles. The number of hydrazone groups is 1. The molecule has 0 aliphatic heterocycles. The number of aliphatic carboxylic acids is 1. The fraction of sp³-hybridized carbons (Fsp3) is 0.118. The first-order valence-corrected chi connectivity index (χ1v) is 8.39. The van der Waals surface area contributed by atoms with Gasteiger partial charge in [-0.15, -0.1) is 0 Å². The molecule has 0 saturated carbocycles. The summed E-state index contributed by atoms with van der Waals surface area (Å²) in [5.74, 6) is -0.884. The van der Waals surface area contributed by atoms with Gasteiger partial charge >= 0.3 is 5.97 Å². The van der Waals surface area contributed by atoms with Crippen LogP contribution in [0.5, 0.6) is 11.5 Å². The molecule has 2 aromatic rings. The number of halogens is 2. The normalized spacial score (nSPS) is 10.6. The molecule has 0 fully saturated rings. The average molecular weight is 442 g/mol. The van der Waals surface area contributed by atoms with E-state index in [4.69, 9.17) is 26.2 Å². The van der Waals surface area contributed by atoms with Crippen molar-refractivity contribution in [2.45, 2.75) is 0 Å². The molecule has 0 aromatic heterocycles. The molecule has 2 N–H and O–H groups in total. The van der Waals surface area contributed by atoms with Gasteiger partial charge in [-0.3, -0.25) is 4.79 Å². The Morgan fingerprint density at radius 2 is 1.96 bits per heavy atom. The van der Waals surface area contributed by atoms with E-state index in [-0.39, 0.29) is 11.7 Å². The van der Waals surface area contributed by atoms with Crippen LogP contribution in [0.2, 0.25) is 5.02 Å². The Morgan fingerprint density at radius 3 is 2.58 bits per heavy atom. The zero-order valence-electron chi connectivity index (χ0n) is 13.5. The fourth-order valence-corrected chi connectivity index (χ4v) is 2.44. The zero-order chi connectivity index (χ0) is 19.1. The maximum Gasteiger partial charge on any atom is 0.341 e. The van der Waals surface area contributed by atoms with Gasteiger partial charge in [-0.2, -0.15) is 5.10 Å². The van der Waals surface area contributed by atoms with Crippen LogP contribution < -0.4 is 14.9 Å². The summed E-state index contributed by atoms with van der Waals surface area (Å²) in [6.45, 7) is -0.493. The number of methoxy groups -OCH3 is 1. The average Bonchev–Trinajstić information content (AvgIpc) is 2.61. The number of carboxylic acids is 1. The lowest BCUT2D eigenvalue weighted by molar-refractivity contribution is -0.139. The van der Waals surface area contributed by atoms with Crippen molar-refractivity contribution in [3.05, 3.63) is 57.0 Å². The molecule has 0 bridgehead atoms. The van der Waals surface area contributed by atoms with Crippen molar-refractivity contribution >= 4 is 45.6 Å². The van der Waals surface area contributed by atoms with Crippen LogP contribution >= 0.6 is 27.5 Å². The molecular weight excluding hydrogens is 428 g/mol. The third-order valence-corrected chi connectivity index (χ3v) is 4.05. The largest absolute Gasteiger partial charge is 0.493 e. The SMILES string of the molecule is COc1cc(/C=N\NC(=O)c2ccc(Cl)cc2)c(Br)cc1OCC(=O)O. The first kappa shape index (κ1) is 19.7. The Labute approximate surface area is 162 Å². The topological polar surface area (TPSA) is 97.2 Å².